The number of H-pyrrole nitrogens is 1. The highest BCUT2D eigenvalue weighted by atomic mass is 32.1. The van der Waals surface area contributed by atoms with Crippen LogP contribution < -0.4 is 0 Å². The highest BCUT2D eigenvalue weighted by Gasteiger charge is 2.43. The summed E-state index contributed by atoms with van der Waals surface area (Å²) in [5, 5.41) is 13.2. The fraction of sp³-hybridized carbons (Fsp3) is 0.458. The number of amides is 1. The number of piperidine rings is 1. The number of aromatic nitrogens is 1. The molecule has 1 aliphatic carbocycles. The van der Waals surface area contributed by atoms with E-state index in [2.05, 4.69) is 4.98 Å². The Kier molecular flexibility index (Phi) is 5.73. The lowest BCUT2D eigenvalue weighted by molar-refractivity contribution is -0.144. The fourth-order valence-corrected chi connectivity index (χ4v) is 6.07. The molecule has 2 N–H and O–H groups in total. The maximum Gasteiger partial charge on any atom is 0.223 e. The van der Waals surface area contributed by atoms with E-state index >= 15 is 0 Å². The van der Waals surface area contributed by atoms with E-state index in [1.807, 2.05) is 34.7 Å². The minimum absolute atomic E-state index is 0. The number of halogens is 1. The number of fused-ring (bicyclic) bond motifs is 3. The molecule has 2 aliphatic rings. The van der Waals surface area contributed by atoms with Gasteiger partial charge in [-0.3, -0.25) is 4.79 Å². The molecule has 3 aromatic rings. The number of hydrogen-bond acceptors (Lipinski definition) is 3. The van der Waals surface area contributed by atoms with Crippen LogP contribution in [0.15, 0.2) is 41.9 Å². The number of nitrogens with zero attached hydrogens (tertiary/aromatic N) is 1. The van der Waals surface area contributed by atoms with Gasteiger partial charge >= 0.3 is 0 Å². The Bertz CT molecular complexity index is 1030. The molecule has 30 heavy (non-hydrogen) atoms. The third kappa shape index (κ3) is 3.67. The van der Waals surface area contributed by atoms with Crippen LogP contribution >= 0.6 is 11.3 Å². The van der Waals surface area contributed by atoms with Gasteiger partial charge in [-0.2, -0.15) is 0 Å². The first-order chi connectivity index (χ1) is 14.0. The monoisotopic (exact) mass is 428 g/mol. The molecule has 1 saturated heterocycles. The molecule has 1 aromatic carbocycles. The molecule has 1 amide bonds. The van der Waals surface area contributed by atoms with Crippen molar-refractivity contribution in [1.82, 2.24) is 9.88 Å². The second-order valence-electron chi connectivity index (χ2n) is 8.49. The predicted octanol–water partition coefficient (Wildman–Crippen LogP) is 5.43. The summed E-state index contributed by atoms with van der Waals surface area (Å²) in [5.74, 6) is -0.344. The zero-order valence-electron chi connectivity index (χ0n) is 16.2. The first kappa shape index (κ1) is 21.1. The van der Waals surface area contributed by atoms with Crippen LogP contribution in [0.2, 0.25) is 0 Å². The van der Waals surface area contributed by atoms with Crippen molar-refractivity contribution < 1.29 is 14.3 Å². The number of carbonyl (C=O) groups is 1. The van der Waals surface area contributed by atoms with Gasteiger partial charge in [-0.05, 0) is 61.2 Å². The zero-order chi connectivity index (χ0) is 20.0. The van der Waals surface area contributed by atoms with Crippen molar-refractivity contribution in [2.45, 2.75) is 63.5 Å². The molecule has 160 valence electrons. The molecular formula is C24H29FN2O2S. The minimum atomic E-state index is -0.590. The Hall–Kier alpha value is -2.18. The topological polar surface area (TPSA) is 56.3 Å². The van der Waals surface area contributed by atoms with Gasteiger partial charge in [0.1, 0.15) is 5.82 Å². The molecule has 3 heterocycles. The SMILES string of the molecule is C.O=C(CC(c1cccs1)c1c[nH]c2cccc(F)c12)N1CCC2(O)CCCC1C2. The highest BCUT2D eigenvalue weighted by Crippen LogP contribution is 2.41. The Morgan fingerprint density at radius 1 is 1.33 bits per heavy atom. The van der Waals surface area contributed by atoms with Crippen LogP contribution in [0, 0.1) is 5.82 Å². The summed E-state index contributed by atoms with van der Waals surface area (Å²) in [7, 11) is 0. The number of nitrogens with one attached hydrogen (secondary N) is 1. The summed E-state index contributed by atoms with van der Waals surface area (Å²) in [6.45, 7) is 0.611. The van der Waals surface area contributed by atoms with Gasteiger partial charge in [0.2, 0.25) is 5.91 Å². The van der Waals surface area contributed by atoms with Crippen molar-refractivity contribution in [2.75, 3.05) is 6.54 Å². The van der Waals surface area contributed by atoms with E-state index in [1.165, 1.54) is 6.07 Å². The van der Waals surface area contributed by atoms with Crippen molar-refractivity contribution in [3.63, 3.8) is 0 Å². The van der Waals surface area contributed by atoms with Gasteiger partial charge in [0, 0.05) is 46.9 Å². The fourth-order valence-electron chi connectivity index (χ4n) is 5.23. The molecule has 2 aromatic heterocycles. The third-order valence-electron chi connectivity index (χ3n) is 6.70. The number of thiophene rings is 1. The summed E-state index contributed by atoms with van der Waals surface area (Å²) in [6.07, 6.45) is 6.27. The molecule has 2 fully saturated rings. The van der Waals surface area contributed by atoms with E-state index in [1.54, 1.807) is 17.4 Å². The van der Waals surface area contributed by atoms with E-state index in [4.69, 9.17) is 0 Å². The predicted molar refractivity (Wildman–Crippen MR) is 119 cm³/mol. The molecular weight excluding hydrogens is 399 g/mol. The Balaban J connectivity index is 0.00000218. The normalized spacial score (nSPS) is 24.5. The van der Waals surface area contributed by atoms with Gasteiger partial charge < -0.3 is 15.0 Å². The van der Waals surface area contributed by atoms with Crippen molar-refractivity contribution in [1.29, 1.82) is 0 Å². The van der Waals surface area contributed by atoms with Gasteiger partial charge in [-0.1, -0.05) is 19.6 Å². The smallest absolute Gasteiger partial charge is 0.223 e. The van der Waals surface area contributed by atoms with Crippen LogP contribution in [-0.2, 0) is 4.79 Å². The molecule has 2 bridgehead atoms. The summed E-state index contributed by atoms with van der Waals surface area (Å²) >= 11 is 1.60. The molecule has 5 rings (SSSR count). The first-order valence-electron chi connectivity index (χ1n) is 10.3. The average Bonchev–Trinajstić information content (AvgIpc) is 3.37. The second-order valence-corrected chi connectivity index (χ2v) is 9.47. The van der Waals surface area contributed by atoms with Crippen molar-refractivity contribution >= 4 is 28.1 Å². The number of likely N-dealkylation sites (tertiary alicyclic amines) is 1. The maximum atomic E-state index is 14.6. The second kappa shape index (κ2) is 8.16. The Morgan fingerprint density at radius 2 is 2.20 bits per heavy atom. The summed E-state index contributed by atoms with van der Waals surface area (Å²) in [4.78, 5) is 19.6. The quantitative estimate of drug-likeness (QED) is 0.582. The van der Waals surface area contributed by atoms with Gasteiger partial charge in [0.25, 0.3) is 0 Å². The molecule has 1 aliphatic heterocycles. The van der Waals surface area contributed by atoms with E-state index in [0.717, 1.165) is 35.2 Å². The largest absolute Gasteiger partial charge is 0.390 e. The van der Waals surface area contributed by atoms with Crippen molar-refractivity contribution in [3.8, 4) is 0 Å². The first-order valence-corrected chi connectivity index (χ1v) is 11.2. The van der Waals surface area contributed by atoms with E-state index in [-0.39, 0.29) is 31.1 Å². The van der Waals surface area contributed by atoms with Crippen LogP contribution in [-0.4, -0.2) is 39.1 Å². The van der Waals surface area contributed by atoms with Gasteiger partial charge in [-0.25, -0.2) is 4.39 Å². The molecule has 0 spiro atoms. The van der Waals surface area contributed by atoms with Crippen LogP contribution in [0.1, 0.15) is 62.3 Å². The number of rotatable bonds is 4. The molecule has 6 heteroatoms. The number of carbonyl (C=O) groups excluding carboxylic acids is 1. The van der Waals surface area contributed by atoms with E-state index < -0.39 is 5.60 Å². The highest BCUT2D eigenvalue weighted by molar-refractivity contribution is 7.10. The van der Waals surface area contributed by atoms with Crippen LogP contribution in [0.3, 0.4) is 0 Å². The molecule has 3 atom stereocenters. The number of benzene rings is 1. The maximum absolute atomic E-state index is 14.6. The molecule has 0 radical (unpaired) electrons. The zero-order valence-corrected chi connectivity index (χ0v) is 17.1. The van der Waals surface area contributed by atoms with E-state index in [0.29, 0.717) is 31.2 Å². The lowest BCUT2D eigenvalue weighted by Gasteiger charge is -2.48. The summed E-state index contributed by atoms with van der Waals surface area (Å²) in [6, 6.07) is 9.16. The average molecular weight is 429 g/mol. The standard InChI is InChI=1S/C23H25FN2O2S.CH4/c24-18-5-1-6-19-22(18)17(14-25-19)16(20-7-3-11-29-20)12-21(27)26-10-9-23(28)8-2-4-15(26)13-23;/h1,3,5-7,11,14-16,25,28H,2,4,8-10,12-13H2;1H4. The lowest BCUT2D eigenvalue weighted by atomic mass is 9.75. The third-order valence-corrected chi connectivity index (χ3v) is 7.69. The minimum Gasteiger partial charge on any atom is -0.390 e. The number of aliphatic hydroxyl groups is 1. The van der Waals surface area contributed by atoms with Crippen molar-refractivity contribution in [2.24, 2.45) is 0 Å². The Labute approximate surface area is 180 Å². The molecule has 3 unspecified atom stereocenters. The van der Waals surface area contributed by atoms with Gasteiger partial charge in [-0.15, -0.1) is 11.3 Å². The Morgan fingerprint density at radius 3 is 3.00 bits per heavy atom. The van der Waals surface area contributed by atoms with Crippen LogP contribution in [0.25, 0.3) is 10.9 Å². The van der Waals surface area contributed by atoms with Crippen LogP contribution in [0.4, 0.5) is 4.39 Å². The van der Waals surface area contributed by atoms with Crippen molar-refractivity contribution in [3.05, 3.63) is 58.2 Å². The molecule has 1 saturated carbocycles. The molecule has 4 nitrogen and oxygen atoms in total. The van der Waals surface area contributed by atoms with Gasteiger partial charge in [0.05, 0.1) is 5.60 Å². The summed E-state index contributed by atoms with van der Waals surface area (Å²) in [5.41, 5.74) is 1.00. The number of aromatic amines is 1. The van der Waals surface area contributed by atoms with Gasteiger partial charge in [0.15, 0.2) is 0 Å². The summed E-state index contributed by atoms with van der Waals surface area (Å²) < 4.78 is 14.6. The van der Waals surface area contributed by atoms with Crippen LogP contribution in [0.5, 0.6) is 0 Å². The lowest BCUT2D eigenvalue weighted by Crippen LogP contribution is -2.55. The van der Waals surface area contributed by atoms with E-state index in [9.17, 15) is 14.3 Å². The number of hydrogen-bond donors (Lipinski definition) is 2.